The van der Waals surface area contributed by atoms with Gasteiger partial charge in [-0.05, 0) is 43.5 Å². The quantitative estimate of drug-likeness (QED) is 0.744. The van der Waals surface area contributed by atoms with Gasteiger partial charge in [0.05, 0.1) is 11.0 Å². The Kier molecular flexibility index (Phi) is 3.53. The first-order chi connectivity index (χ1) is 11.5. The minimum atomic E-state index is -0.685. The predicted octanol–water partition coefficient (Wildman–Crippen LogP) is 0.440. The summed E-state index contributed by atoms with van der Waals surface area (Å²) in [7, 11) is 2.02. The summed E-state index contributed by atoms with van der Waals surface area (Å²) in [5, 5.41) is 0. The van der Waals surface area contributed by atoms with Crippen LogP contribution in [0.4, 0.5) is 0 Å². The number of aromatic amines is 2. The first kappa shape index (κ1) is 15.1. The van der Waals surface area contributed by atoms with Crippen molar-refractivity contribution in [1.82, 2.24) is 19.8 Å². The number of amides is 1. The summed E-state index contributed by atoms with van der Waals surface area (Å²) < 4.78 is 0. The smallest absolute Gasteiger partial charge is 0.314 e. The van der Waals surface area contributed by atoms with E-state index < -0.39 is 11.1 Å². The zero-order chi connectivity index (χ0) is 16.8. The number of hydrogen-bond donors (Lipinski definition) is 2. The first-order valence-electron chi connectivity index (χ1n) is 8.33. The normalized spacial score (nSPS) is 18.1. The molecule has 0 spiro atoms. The predicted molar refractivity (Wildman–Crippen MR) is 90.4 cm³/mol. The van der Waals surface area contributed by atoms with Gasteiger partial charge < -0.3 is 19.8 Å². The molecule has 2 aliphatic heterocycles. The number of nitrogens with zero attached hydrogens (tertiary/aromatic N) is 2. The lowest BCUT2D eigenvalue weighted by Crippen LogP contribution is -2.34. The van der Waals surface area contributed by atoms with E-state index in [1.807, 2.05) is 11.9 Å². The van der Waals surface area contributed by atoms with Gasteiger partial charge in [-0.1, -0.05) is 0 Å². The van der Waals surface area contributed by atoms with Gasteiger partial charge in [-0.3, -0.25) is 14.4 Å². The molecule has 2 aromatic rings. The fourth-order valence-corrected chi connectivity index (χ4v) is 3.76. The number of likely N-dealkylation sites (tertiary alicyclic amines) is 1. The molecule has 0 radical (unpaired) electrons. The maximum absolute atomic E-state index is 13.0. The molecule has 126 valence electrons. The van der Waals surface area contributed by atoms with Crippen molar-refractivity contribution in [3.8, 4) is 0 Å². The van der Waals surface area contributed by atoms with Crippen LogP contribution >= 0.6 is 0 Å². The molecular weight excluding hydrogens is 308 g/mol. The van der Waals surface area contributed by atoms with Gasteiger partial charge in [0.25, 0.3) is 5.91 Å². The number of hydrogen-bond acceptors (Lipinski definition) is 4. The molecule has 4 rings (SSSR count). The zero-order valence-corrected chi connectivity index (χ0v) is 13.6. The van der Waals surface area contributed by atoms with Crippen molar-refractivity contribution in [2.75, 3.05) is 26.7 Å². The van der Waals surface area contributed by atoms with Crippen LogP contribution < -0.4 is 11.1 Å². The highest BCUT2D eigenvalue weighted by Crippen LogP contribution is 2.29. The van der Waals surface area contributed by atoms with E-state index in [9.17, 15) is 14.4 Å². The molecular formula is C17H20N4O3. The number of benzene rings is 1. The summed E-state index contributed by atoms with van der Waals surface area (Å²) in [6.45, 7) is 3.08. The minimum absolute atomic E-state index is 0.0213. The maximum atomic E-state index is 13.0. The van der Waals surface area contributed by atoms with E-state index in [0.29, 0.717) is 23.1 Å². The third-order valence-corrected chi connectivity index (χ3v) is 5.04. The fraction of sp³-hybridized carbons (Fsp3) is 0.471. The molecule has 0 saturated carbocycles. The van der Waals surface area contributed by atoms with E-state index >= 15 is 0 Å². The van der Waals surface area contributed by atoms with Crippen LogP contribution in [0.2, 0.25) is 0 Å². The van der Waals surface area contributed by atoms with Gasteiger partial charge in [0.15, 0.2) is 0 Å². The topological polar surface area (TPSA) is 89.3 Å². The summed E-state index contributed by atoms with van der Waals surface area (Å²) in [4.78, 5) is 45.7. The fourth-order valence-electron chi connectivity index (χ4n) is 3.76. The third-order valence-electron chi connectivity index (χ3n) is 5.04. The Balaban J connectivity index is 1.96. The summed E-state index contributed by atoms with van der Waals surface area (Å²) >= 11 is 0. The molecule has 7 nitrogen and oxygen atoms in total. The molecule has 0 unspecified atom stereocenters. The number of carbonyl (C=O) groups is 1. The largest absolute Gasteiger partial charge is 0.339 e. The van der Waals surface area contributed by atoms with Crippen molar-refractivity contribution in [2.24, 2.45) is 0 Å². The van der Waals surface area contributed by atoms with Gasteiger partial charge in [0.2, 0.25) is 0 Å². The van der Waals surface area contributed by atoms with E-state index in [4.69, 9.17) is 0 Å². The van der Waals surface area contributed by atoms with E-state index in [2.05, 4.69) is 14.9 Å². The van der Waals surface area contributed by atoms with E-state index in [-0.39, 0.29) is 5.91 Å². The molecule has 0 bridgehead atoms. The summed E-state index contributed by atoms with van der Waals surface area (Å²) in [6, 6.07) is 1.73. The molecule has 1 aromatic carbocycles. The van der Waals surface area contributed by atoms with Gasteiger partial charge in [-0.15, -0.1) is 0 Å². The molecule has 2 N–H and O–H groups in total. The Bertz CT molecular complexity index is 937. The van der Waals surface area contributed by atoms with Crippen molar-refractivity contribution in [2.45, 2.75) is 25.8 Å². The first-order valence-corrected chi connectivity index (χ1v) is 8.33. The average molecular weight is 328 g/mol. The van der Waals surface area contributed by atoms with Crippen LogP contribution in [0.25, 0.3) is 11.0 Å². The van der Waals surface area contributed by atoms with Crippen molar-refractivity contribution >= 4 is 16.9 Å². The van der Waals surface area contributed by atoms with Gasteiger partial charge in [-0.25, -0.2) is 0 Å². The molecule has 1 saturated heterocycles. The maximum Gasteiger partial charge on any atom is 0.314 e. The summed E-state index contributed by atoms with van der Waals surface area (Å²) in [6.07, 6.45) is 2.81. The lowest BCUT2D eigenvalue weighted by molar-refractivity contribution is 0.0790. The molecule has 3 heterocycles. The Morgan fingerprint density at radius 1 is 1.04 bits per heavy atom. The summed E-state index contributed by atoms with van der Waals surface area (Å²) in [5.74, 6) is 0.0213. The highest BCUT2D eigenvalue weighted by molar-refractivity contribution is 6.00. The molecule has 1 fully saturated rings. The van der Waals surface area contributed by atoms with Gasteiger partial charge >= 0.3 is 11.1 Å². The monoisotopic (exact) mass is 328 g/mol. The molecule has 1 aromatic heterocycles. The van der Waals surface area contributed by atoms with Crippen LogP contribution in [0.5, 0.6) is 0 Å². The second kappa shape index (κ2) is 5.59. The molecule has 2 aliphatic rings. The molecule has 24 heavy (non-hydrogen) atoms. The van der Waals surface area contributed by atoms with Crippen molar-refractivity contribution in [3.63, 3.8) is 0 Å². The Morgan fingerprint density at radius 3 is 2.50 bits per heavy atom. The van der Waals surface area contributed by atoms with Crippen LogP contribution in [-0.2, 0) is 13.0 Å². The van der Waals surface area contributed by atoms with Crippen molar-refractivity contribution in [3.05, 3.63) is 43.5 Å². The number of fused-ring (bicyclic) bond motifs is 3. The molecule has 0 aliphatic carbocycles. The van der Waals surface area contributed by atoms with Crippen molar-refractivity contribution < 1.29 is 4.79 Å². The number of likely N-dealkylation sites (N-methyl/N-ethyl adjacent to an activating group) is 1. The molecule has 1 amide bonds. The van der Waals surface area contributed by atoms with Gasteiger partial charge in [-0.2, -0.15) is 0 Å². The van der Waals surface area contributed by atoms with E-state index in [1.165, 1.54) is 0 Å². The zero-order valence-electron chi connectivity index (χ0n) is 13.6. The number of nitrogens with one attached hydrogen (secondary N) is 2. The highest BCUT2D eigenvalue weighted by Gasteiger charge is 2.27. The Morgan fingerprint density at radius 2 is 1.75 bits per heavy atom. The van der Waals surface area contributed by atoms with Gasteiger partial charge in [0, 0.05) is 31.7 Å². The van der Waals surface area contributed by atoms with Crippen LogP contribution in [0.3, 0.4) is 0 Å². The second-order valence-corrected chi connectivity index (χ2v) is 6.70. The minimum Gasteiger partial charge on any atom is -0.339 e. The Hall–Kier alpha value is -2.41. The lowest BCUT2D eigenvalue weighted by atomic mass is 9.92. The molecule has 0 atom stereocenters. The lowest BCUT2D eigenvalue weighted by Gasteiger charge is -2.29. The average Bonchev–Trinajstić information content (AvgIpc) is 3.09. The van der Waals surface area contributed by atoms with Crippen LogP contribution in [0.15, 0.2) is 15.7 Å². The van der Waals surface area contributed by atoms with E-state index in [1.54, 1.807) is 6.07 Å². The van der Waals surface area contributed by atoms with Crippen LogP contribution in [-0.4, -0.2) is 52.4 Å². The second-order valence-electron chi connectivity index (χ2n) is 6.70. The summed E-state index contributed by atoms with van der Waals surface area (Å²) in [5.41, 5.74) is 2.44. The SMILES string of the molecule is CN1CCc2c(c(C(=O)N3CCCC3)cc3[nH]c(=O)c(=O)[nH]c23)C1. The Labute approximate surface area is 138 Å². The number of H-pyrrole nitrogens is 2. The van der Waals surface area contributed by atoms with Crippen LogP contribution in [0, 0.1) is 0 Å². The van der Waals surface area contributed by atoms with E-state index in [0.717, 1.165) is 50.0 Å². The molecule has 7 heteroatoms. The number of aromatic nitrogens is 2. The highest BCUT2D eigenvalue weighted by atomic mass is 16.2. The number of carbonyl (C=O) groups excluding carboxylic acids is 1. The third kappa shape index (κ3) is 2.36. The standard InChI is InChI=1S/C17H20N4O3/c1-20-7-4-10-12(9-20)11(17(24)21-5-2-3-6-21)8-13-14(10)19-16(23)15(22)18-13/h8H,2-7,9H2,1H3,(H,18,22)(H,19,23). The number of rotatable bonds is 1. The van der Waals surface area contributed by atoms with Crippen LogP contribution in [0.1, 0.15) is 34.3 Å². The van der Waals surface area contributed by atoms with Crippen molar-refractivity contribution in [1.29, 1.82) is 0 Å². The van der Waals surface area contributed by atoms with Gasteiger partial charge in [0.1, 0.15) is 0 Å².